The summed E-state index contributed by atoms with van der Waals surface area (Å²) in [5, 5.41) is 15.9. The summed E-state index contributed by atoms with van der Waals surface area (Å²) in [5.74, 6) is 0. The Balaban J connectivity index is 1.63. The van der Waals surface area contributed by atoms with E-state index in [0.29, 0.717) is 0 Å². The number of rotatable bonds is 7. The molecule has 0 amide bonds. The van der Waals surface area contributed by atoms with Gasteiger partial charge < -0.3 is 5.32 Å². The molecule has 0 radical (unpaired) electrons. The van der Waals surface area contributed by atoms with E-state index in [9.17, 15) is 0 Å². The van der Waals surface area contributed by atoms with Gasteiger partial charge in [-0.15, -0.1) is 21.5 Å². The number of aromatic nitrogens is 2. The Hall–Kier alpha value is -0.980. The van der Waals surface area contributed by atoms with Gasteiger partial charge in [0.2, 0.25) is 5.13 Å². The molecule has 0 unspecified atom stereocenters. The van der Waals surface area contributed by atoms with E-state index in [2.05, 4.69) is 44.9 Å². The molecule has 1 fully saturated rings. The fraction of sp³-hybridized carbons (Fsp3) is 0.538. The number of hydrogen-bond donors (Lipinski definition) is 1. The van der Waals surface area contributed by atoms with Crippen LogP contribution in [0.5, 0.6) is 0 Å². The summed E-state index contributed by atoms with van der Waals surface area (Å²) in [4.78, 5) is 3.96. The Morgan fingerprint density at radius 3 is 2.95 bits per heavy atom. The molecule has 1 aliphatic carbocycles. The average Bonchev–Trinajstić information content (AvgIpc) is 2.95. The third-order valence-corrected chi connectivity index (χ3v) is 4.86. The van der Waals surface area contributed by atoms with E-state index in [1.54, 1.807) is 11.3 Å². The van der Waals surface area contributed by atoms with Crippen molar-refractivity contribution in [1.82, 2.24) is 15.1 Å². The highest BCUT2D eigenvalue weighted by molar-refractivity contribution is 7.15. The lowest BCUT2D eigenvalue weighted by Crippen LogP contribution is -2.24. The molecule has 2 heterocycles. The lowest BCUT2D eigenvalue weighted by atomic mass is 10.4. The van der Waals surface area contributed by atoms with E-state index in [-0.39, 0.29) is 0 Å². The van der Waals surface area contributed by atoms with Crippen LogP contribution in [0.1, 0.15) is 29.7 Å². The predicted molar refractivity (Wildman–Crippen MR) is 80.7 cm³/mol. The van der Waals surface area contributed by atoms with Crippen LogP contribution in [0.25, 0.3) is 0 Å². The Bertz CT molecular complexity index is 504. The van der Waals surface area contributed by atoms with Crippen molar-refractivity contribution in [3.8, 4) is 0 Å². The van der Waals surface area contributed by atoms with Gasteiger partial charge in [0.15, 0.2) is 0 Å². The summed E-state index contributed by atoms with van der Waals surface area (Å²) < 4.78 is 0. The van der Waals surface area contributed by atoms with Gasteiger partial charge in [-0.25, -0.2) is 0 Å². The molecule has 0 atom stereocenters. The largest absolute Gasteiger partial charge is 0.360 e. The molecule has 6 heteroatoms. The van der Waals surface area contributed by atoms with Crippen LogP contribution in [-0.2, 0) is 13.1 Å². The molecule has 0 saturated heterocycles. The summed E-state index contributed by atoms with van der Waals surface area (Å²) in [5.41, 5.74) is 0. The second-order valence-electron chi connectivity index (χ2n) is 4.75. The van der Waals surface area contributed by atoms with Crippen molar-refractivity contribution in [3.63, 3.8) is 0 Å². The van der Waals surface area contributed by atoms with Crippen molar-refractivity contribution >= 4 is 27.8 Å². The topological polar surface area (TPSA) is 41.1 Å². The number of thiophene rings is 1. The van der Waals surface area contributed by atoms with Gasteiger partial charge in [-0.05, 0) is 31.2 Å². The van der Waals surface area contributed by atoms with Gasteiger partial charge in [-0.2, -0.15) is 0 Å². The summed E-state index contributed by atoms with van der Waals surface area (Å²) in [6.45, 7) is 4.94. The zero-order chi connectivity index (χ0) is 13.1. The van der Waals surface area contributed by atoms with Crippen LogP contribution in [0, 0.1) is 0 Å². The average molecular weight is 294 g/mol. The van der Waals surface area contributed by atoms with Gasteiger partial charge >= 0.3 is 0 Å². The second-order valence-corrected chi connectivity index (χ2v) is 6.84. The molecule has 102 valence electrons. The number of nitrogens with one attached hydrogen (secondary N) is 1. The molecule has 1 N–H and O–H groups in total. The van der Waals surface area contributed by atoms with Crippen molar-refractivity contribution in [3.05, 3.63) is 27.4 Å². The van der Waals surface area contributed by atoms with Crippen LogP contribution < -0.4 is 5.32 Å². The first-order valence-corrected chi connectivity index (χ1v) is 8.37. The van der Waals surface area contributed by atoms with Crippen molar-refractivity contribution in [2.75, 3.05) is 11.9 Å². The van der Waals surface area contributed by atoms with Gasteiger partial charge in [0.1, 0.15) is 5.01 Å². The maximum absolute atomic E-state index is 4.28. The van der Waals surface area contributed by atoms with E-state index in [1.807, 2.05) is 11.3 Å². The van der Waals surface area contributed by atoms with E-state index >= 15 is 0 Å². The minimum atomic E-state index is 0.744. The minimum absolute atomic E-state index is 0.744. The van der Waals surface area contributed by atoms with Gasteiger partial charge in [0.05, 0.1) is 6.54 Å². The highest BCUT2D eigenvalue weighted by Gasteiger charge is 2.29. The Kier molecular flexibility index (Phi) is 4.10. The van der Waals surface area contributed by atoms with Crippen LogP contribution in [0.3, 0.4) is 0 Å². The summed E-state index contributed by atoms with van der Waals surface area (Å²) in [6, 6.07) is 5.08. The number of hydrogen-bond acceptors (Lipinski definition) is 6. The molecule has 19 heavy (non-hydrogen) atoms. The van der Waals surface area contributed by atoms with Crippen molar-refractivity contribution in [1.29, 1.82) is 0 Å². The predicted octanol–water partition coefficient (Wildman–Crippen LogP) is 3.20. The van der Waals surface area contributed by atoms with Crippen LogP contribution in [0.15, 0.2) is 17.5 Å². The smallest absolute Gasteiger partial charge is 0.205 e. The van der Waals surface area contributed by atoms with Gasteiger partial charge in [-0.1, -0.05) is 17.4 Å². The molecule has 2 aromatic heterocycles. The third-order valence-electron chi connectivity index (χ3n) is 3.14. The normalized spacial score (nSPS) is 15.1. The molecule has 0 aliphatic heterocycles. The van der Waals surface area contributed by atoms with E-state index in [1.165, 1.54) is 17.7 Å². The number of nitrogens with zero attached hydrogens (tertiary/aromatic N) is 3. The summed E-state index contributed by atoms with van der Waals surface area (Å²) in [7, 11) is 0. The minimum Gasteiger partial charge on any atom is -0.360 e. The van der Waals surface area contributed by atoms with E-state index < -0.39 is 0 Å². The zero-order valence-corrected chi connectivity index (χ0v) is 12.6. The van der Waals surface area contributed by atoms with E-state index in [0.717, 1.165) is 35.8 Å². The van der Waals surface area contributed by atoms with Gasteiger partial charge in [0.25, 0.3) is 0 Å². The van der Waals surface area contributed by atoms with Crippen LogP contribution in [0.4, 0.5) is 5.13 Å². The van der Waals surface area contributed by atoms with Crippen LogP contribution in [0.2, 0.25) is 0 Å². The Morgan fingerprint density at radius 1 is 1.37 bits per heavy atom. The monoisotopic (exact) mass is 294 g/mol. The molecule has 2 aromatic rings. The third kappa shape index (κ3) is 3.52. The molecule has 3 rings (SSSR count). The quantitative estimate of drug-likeness (QED) is 0.851. The maximum Gasteiger partial charge on any atom is 0.205 e. The lowest BCUT2D eigenvalue weighted by Gasteiger charge is -2.19. The van der Waals surface area contributed by atoms with Crippen molar-refractivity contribution in [2.24, 2.45) is 0 Å². The molecule has 0 aromatic carbocycles. The van der Waals surface area contributed by atoms with Gasteiger partial charge in [0, 0.05) is 24.0 Å². The molecule has 4 nitrogen and oxygen atoms in total. The second kappa shape index (κ2) is 5.98. The standard InChI is InChI=1S/C13H18N4S2/c1-2-14-13-16-15-12(19-13)9-17(10-5-6-10)8-11-4-3-7-18-11/h3-4,7,10H,2,5-6,8-9H2,1H3,(H,14,16). The van der Waals surface area contributed by atoms with Gasteiger partial charge in [-0.3, -0.25) is 4.90 Å². The van der Waals surface area contributed by atoms with Crippen molar-refractivity contribution in [2.45, 2.75) is 38.9 Å². The molecular weight excluding hydrogens is 276 g/mol. The molecule has 1 saturated carbocycles. The zero-order valence-electron chi connectivity index (χ0n) is 11.0. The Morgan fingerprint density at radius 2 is 2.26 bits per heavy atom. The highest BCUT2D eigenvalue weighted by Crippen LogP contribution is 2.31. The van der Waals surface area contributed by atoms with Crippen LogP contribution in [-0.4, -0.2) is 27.7 Å². The fourth-order valence-corrected chi connectivity index (χ4v) is 3.63. The number of anilines is 1. The van der Waals surface area contributed by atoms with Crippen LogP contribution >= 0.6 is 22.7 Å². The molecule has 1 aliphatic rings. The highest BCUT2D eigenvalue weighted by atomic mass is 32.1. The summed E-state index contributed by atoms with van der Waals surface area (Å²) in [6.07, 6.45) is 2.65. The molecule has 0 bridgehead atoms. The molecule has 0 spiro atoms. The summed E-state index contributed by atoms with van der Waals surface area (Å²) >= 11 is 3.51. The first kappa shape index (κ1) is 13.0. The SMILES string of the molecule is CCNc1nnc(CN(Cc2cccs2)C2CC2)s1. The molecular formula is C13H18N4S2. The van der Waals surface area contributed by atoms with E-state index in [4.69, 9.17) is 0 Å². The first-order valence-electron chi connectivity index (χ1n) is 6.68. The fourth-order valence-electron chi connectivity index (χ4n) is 2.07. The first-order chi connectivity index (χ1) is 9.35. The lowest BCUT2D eigenvalue weighted by molar-refractivity contribution is 0.247. The van der Waals surface area contributed by atoms with Crippen molar-refractivity contribution < 1.29 is 0 Å². The Labute approximate surface area is 121 Å². The maximum atomic E-state index is 4.28.